The van der Waals surface area contributed by atoms with E-state index in [1.807, 2.05) is 0 Å². The summed E-state index contributed by atoms with van der Waals surface area (Å²) in [5.41, 5.74) is -0.415. The van der Waals surface area contributed by atoms with Gasteiger partial charge in [0.2, 0.25) is 5.91 Å². The van der Waals surface area contributed by atoms with Gasteiger partial charge in [-0.1, -0.05) is 42.1 Å². The van der Waals surface area contributed by atoms with Crippen molar-refractivity contribution < 1.29 is 26.7 Å². The summed E-state index contributed by atoms with van der Waals surface area (Å²) >= 11 is 0.305. The molecule has 0 spiro atoms. The topological polar surface area (TPSA) is 29.1 Å². The van der Waals surface area contributed by atoms with Crippen LogP contribution >= 0.6 is 11.8 Å². The summed E-state index contributed by atoms with van der Waals surface area (Å²) in [4.78, 5) is 12.6. The lowest BCUT2D eigenvalue weighted by Crippen LogP contribution is -2.16. The number of hydrogen-bond donors (Lipinski definition) is 1. The number of rotatable bonds is 5. The van der Waals surface area contributed by atoms with E-state index in [1.165, 1.54) is 30.3 Å². The van der Waals surface area contributed by atoms with Gasteiger partial charge in [0.15, 0.2) is 0 Å². The number of hydrogen-bond acceptors (Lipinski definition) is 2. The average molecular weight is 387 g/mol. The van der Waals surface area contributed by atoms with Gasteiger partial charge in [0.1, 0.15) is 0 Å². The number of anilines is 1. The molecule has 0 aromatic heterocycles. The van der Waals surface area contributed by atoms with Gasteiger partial charge in [0.05, 0.1) is 11.3 Å². The summed E-state index contributed by atoms with van der Waals surface area (Å²) < 4.78 is 64.5. The Morgan fingerprint density at radius 1 is 1.08 bits per heavy atom. The van der Waals surface area contributed by atoms with Crippen molar-refractivity contribution in [2.45, 2.75) is 29.2 Å². The van der Waals surface area contributed by atoms with Gasteiger partial charge in [0.25, 0.3) is 5.76 Å². The number of para-hydroxylation sites is 1. The zero-order valence-corrected chi connectivity index (χ0v) is 14.1. The van der Waals surface area contributed by atoms with Crippen LogP contribution in [-0.4, -0.2) is 11.7 Å². The molecule has 0 saturated heterocycles. The quantitative estimate of drug-likeness (QED) is 0.522. The lowest BCUT2D eigenvalue weighted by atomic mass is 10.0. The molecule has 0 heterocycles. The Balaban J connectivity index is 1.74. The molecule has 1 amide bonds. The molecule has 0 aliphatic heterocycles. The molecule has 0 bridgehead atoms. The maximum absolute atomic E-state index is 13.1. The monoisotopic (exact) mass is 387 g/mol. The summed E-state index contributed by atoms with van der Waals surface area (Å²) in [6.45, 7) is 0. The van der Waals surface area contributed by atoms with Crippen LogP contribution in [0, 0.1) is 5.92 Å². The smallest absolute Gasteiger partial charge is 0.325 e. The molecule has 1 N–H and O–H groups in total. The fourth-order valence-corrected chi connectivity index (χ4v) is 3.50. The molecule has 138 valence electrons. The van der Waals surface area contributed by atoms with Crippen LogP contribution in [0.1, 0.15) is 23.5 Å². The highest BCUT2D eigenvalue weighted by Crippen LogP contribution is 2.51. The maximum Gasteiger partial charge on any atom is 0.416 e. The lowest BCUT2D eigenvalue weighted by molar-refractivity contribution is -0.138. The zero-order valence-electron chi connectivity index (χ0n) is 13.3. The van der Waals surface area contributed by atoms with Gasteiger partial charge in [0, 0.05) is 10.8 Å². The van der Waals surface area contributed by atoms with Crippen molar-refractivity contribution in [3.8, 4) is 0 Å². The molecular formula is C18H14F5NOS. The predicted molar refractivity (Wildman–Crippen MR) is 89.2 cm³/mol. The molecular weight excluding hydrogens is 373 g/mol. The predicted octanol–water partition coefficient (Wildman–Crippen LogP) is 5.76. The summed E-state index contributed by atoms with van der Waals surface area (Å²) in [5.74, 6) is -4.24. The Hall–Kier alpha value is -2.09. The summed E-state index contributed by atoms with van der Waals surface area (Å²) in [7, 11) is 0. The van der Waals surface area contributed by atoms with Crippen molar-refractivity contribution in [3.05, 3.63) is 59.7 Å². The molecule has 2 aromatic carbocycles. The Kier molecular flexibility index (Phi) is 5.22. The van der Waals surface area contributed by atoms with Crippen molar-refractivity contribution in [2.75, 3.05) is 5.32 Å². The Labute approximate surface area is 150 Å². The van der Waals surface area contributed by atoms with E-state index in [4.69, 9.17) is 0 Å². The second-order valence-corrected chi connectivity index (χ2v) is 6.93. The van der Waals surface area contributed by atoms with E-state index in [0.717, 1.165) is 6.07 Å². The van der Waals surface area contributed by atoms with Crippen LogP contribution in [0.4, 0.5) is 27.6 Å². The highest BCUT2D eigenvalue weighted by atomic mass is 32.2. The first-order valence-electron chi connectivity index (χ1n) is 7.78. The molecule has 2 unspecified atom stereocenters. The zero-order chi connectivity index (χ0) is 18.9. The molecule has 1 saturated carbocycles. The number of halogens is 5. The fraction of sp³-hybridized carbons (Fsp3) is 0.278. The summed E-state index contributed by atoms with van der Waals surface area (Å²) in [6.07, 6.45) is -4.19. The van der Waals surface area contributed by atoms with Crippen molar-refractivity contribution in [3.63, 3.8) is 0 Å². The maximum atomic E-state index is 13.1. The van der Waals surface area contributed by atoms with Crippen LogP contribution in [-0.2, 0) is 11.0 Å². The highest BCUT2D eigenvalue weighted by molar-refractivity contribution is 7.99. The van der Waals surface area contributed by atoms with E-state index < -0.39 is 35.2 Å². The van der Waals surface area contributed by atoms with Crippen LogP contribution in [0.25, 0.3) is 0 Å². The molecule has 1 fully saturated rings. The van der Waals surface area contributed by atoms with Gasteiger partial charge in [-0.25, -0.2) is 0 Å². The van der Waals surface area contributed by atoms with Crippen LogP contribution < -0.4 is 5.32 Å². The van der Waals surface area contributed by atoms with Gasteiger partial charge in [-0.05, 0) is 36.1 Å². The Morgan fingerprint density at radius 3 is 2.42 bits per heavy atom. The first-order valence-corrected chi connectivity index (χ1v) is 8.66. The van der Waals surface area contributed by atoms with Crippen LogP contribution in [0.3, 0.4) is 0 Å². The fourth-order valence-electron chi connectivity index (χ4n) is 2.90. The van der Waals surface area contributed by atoms with Gasteiger partial charge >= 0.3 is 6.18 Å². The normalized spacial score (nSPS) is 19.5. The summed E-state index contributed by atoms with van der Waals surface area (Å²) in [6, 6.07) is 11.3. The lowest BCUT2D eigenvalue weighted by Gasteiger charge is -2.13. The van der Waals surface area contributed by atoms with Gasteiger partial charge in [-0.2, -0.15) is 22.0 Å². The highest BCUT2D eigenvalue weighted by Gasteiger charge is 2.47. The third-order valence-corrected chi connectivity index (χ3v) is 4.94. The van der Waals surface area contributed by atoms with Gasteiger partial charge in [-0.15, -0.1) is 0 Å². The second-order valence-electron chi connectivity index (χ2n) is 5.90. The molecule has 8 heteroatoms. The molecule has 1 aliphatic carbocycles. The van der Waals surface area contributed by atoms with Crippen LogP contribution in [0.15, 0.2) is 53.4 Å². The second kappa shape index (κ2) is 7.26. The number of carbonyl (C=O) groups is 1. The summed E-state index contributed by atoms with van der Waals surface area (Å²) in [5, 5.41) is 2.56. The SMILES string of the molecule is O=C(Nc1ccccc1SC(F)F)C1CC1c1ccccc1C(F)(F)F. The number of amides is 1. The number of benzene rings is 2. The number of thioether (sulfide) groups is 1. The standard InChI is InChI=1S/C18H14F5NOS/c19-17(20)26-15-8-4-3-7-14(15)24-16(25)12-9-11(12)10-5-1-2-6-13(10)18(21,22)23/h1-8,11-12,17H,9H2,(H,24,25). The molecule has 1 aliphatic rings. The number of carbonyl (C=O) groups excluding carboxylic acids is 1. The molecule has 2 atom stereocenters. The van der Waals surface area contributed by atoms with Gasteiger partial charge < -0.3 is 5.32 Å². The minimum atomic E-state index is -4.49. The molecule has 26 heavy (non-hydrogen) atoms. The minimum Gasteiger partial charge on any atom is -0.325 e. The van der Waals surface area contributed by atoms with Crippen molar-refractivity contribution in [2.24, 2.45) is 5.92 Å². The van der Waals surface area contributed by atoms with E-state index in [9.17, 15) is 26.7 Å². The molecule has 0 radical (unpaired) electrons. The van der Waals surface area contributed by atoms with E-state index in [1.54, 1.807) is 12.1 Å². The number of nitrogens with one attached hydrogen (secondary N) is 1. The van der Waals surface area contributed by atoms with Crippen molar-refractivity contribution in [1.82, 2.24) is 0 Å². The van der Waals surface area contributed by atoms with E-state index in [0.29, 0.717) is 18.2 Å². The first-order chi connectivity index (χ1) is 12.3. The van der Waals surface area contributed by atoms with E-state index >= 15 is 0 Å². The molecule has 2 nitrogen and oxygen atoms in total. The molecule has 2 aromatic rings. The van der Waals surface area contributed by atoms with E-state index in [-0.39, 0.29) is 16.1 Å². The van der Waals surface area contributed by atoms with Crippen molar-refractivity contribution >= 4 is 23.4 Å². The number of alkyl halides is 5. The third kappa shape index (κ3) is 4.17. The van der Waals surface area contributed by atoms with Gasteiger partial charge in [-0.3, -0.25) is 4.79 Å². The Bertz CT molecular complexity index is 808. The van der Waals surface area contributed by atoms with Crippen molar-refractivity contribution in [1.29, 1.82) is 0 Å². The average Bonchev–Trinajstić information content (AvgIpc) is 3.36. The Morgan fingerprint density at radius 2 is 1.73 bits per heavy atom. The van der Waals surface area contributed by atoms with Crippen LogP contribution in [0.5, 0.6) is 0 Å². The third-order valence-electron chi connectivity index (χ3n) is 4.15. The largest absolute Gasteiger partial charge is 0.416 e. The van der Waals surface area contributed by atoms with E-state index in [2.05, 4.69) is 5.32 Å². The minimum absolute atomic E-state index is 0.0930. The van der Waals surface area contributed by atoms with Crippen LogP contribution in [0.2, 0.25) is 0 Å². The first kappa shape index (κ1) is 18.7. The molecule has 3 rings (SSSR count).